The van der Waals surface area contributed by atoms with Gasteiger partial charge >= 0.3 is 0 Å². The highest BCUT2D eigenvalue weighted by molar-refractivity contribution is 5.68. The predicted octanol–water partition coefficient (Wildman–Crippen LogP) is 7.16. The third-order valence-corrected chi connectivity index (χ3v) is 6.64. The normalized spacial score (nSPS) is 12.4. The second-order valence-electron chi connectivity index (χ2n) is 9.37. The lowest BCUT2D eigenvalue weighted by Crippen LogP contribution is -2.26. The molecule has 3 aromatic carbocycles. The van der Waals surface area contributed by atoms with Crippen molar-refractivity contribution in [3.05, 3.63) is 90.1 Å². The van der Waals surface area contributed by atoms with Gasteiger partial charge in [0, 0.05) is 30.8 Å². The molecule has 4 aromatic rings. The number of aromatic nitrogens is 2. The monoisotopic (exact) mass is 481 g/mol. The lowest BCUT2D eigenvalue weighted by Gasteiger charge is -2.24. The van der Waals surface area contributed by atoms with Crippen LogP contribution in [-0.4, -0.2) is 27.8 Å². The molecule has 36 heavy (non-hydrogen) atoms. The maximum atomic E-state index is 5.65. The van der Waals surface area contributed by atoms with E-state index in [0.29, 0.717) is 6.79 Å². The Labute approximate surface area is 214 Å². The van der Waals surface area contributed by atoms with Gasteiger partial charge in [-0.2, -0.15) is 0 Å². The van der Waals surface area contributed by atoms with Crippen molar-refractivity contribution in [3.8, 4) is 34.1 Å². The van der Waals surface area contributed by atoms with Gasteiger partial charge in [-0.3, -0.25) is 4.90 Å². The van der Waals surface area contributed by atoms with E-state index >= 15 is 0 Å². The first kappa shape index (κ1) is 24.1. The lowest BCUT2D eigenvalue weighted by atomic mass is 10.1. The SMILES string of the molecule is CCCCN(Cc1ccc2c(c1)OCO2)Cc1c(-c2ccccc2)nc(-c2ccccc2)n1CCC. The third-order valence-electron chi connectivity index (χ3n) is 6.64. The molecule has 1 aliphatic heterocycles. The van der Waals surface area contributed by atoms with Crippen LogP contribution in [0.3, 0.4) is 0 Å². The molecule has 5 nitrogen and oxygen atoms in total. The molecule has 0 fully saturated rings. The Bertz CT molecular complexity index is 1270. The van der Waals surface area contributed by atoms with Crippen molar-refractivity contribution in [2.45, 2.75) is 52.7 Å². The highest BCUT2D eigenvalue weighted by Gasteiger charge is 2.22. The molecular formula is C31H35N3O2. The van der Waals surface area contributed by atoms with Gasteiger partial charge in [0.05, 0.1) is 11.4 Å². The average Bonchev–Trinajstić information content (AvgIpc) is 3.53. The van der Waals surface area contributed by atoms with E-state index in [-0.39, 0.29) is 0 Å². The number of rotatable bonds is 11. The van der Waals surface area contributed by atoms with Crippen LogP contribution in [0, 0.1) is 0 Å². The van der Waals surface area contributed by atoms with E-state index in [2.05, 4.69) is 96.1 Å². The van der Waals surface area contributed by atoms with Gasteiger partial charge in [0.25, 0.3) is 0 Å². The topological polar surface area (TPSA) is 39.5 Å². The number of unbranched alkanes of at least 4 members (excludes halogenated alkanes) is 1. The number of imidazole rings is 1. The van der Waals surface area contributed by atoms with Crippen LogP contribution in [0.15, 0.2) is 78.9 Å². The molecule has 0 saturated heterocycles. The quantitative estimate of drug-likeness (QED) is 0.228. The molecule has 5 rings (SSSR count). The molecule has 0 aliphatic carbocycles. The van der Waals surface area contributed by atoms with Crippen molar-refractivity contribution in [1.82, 2.24) is 14.5 Å². The summed E-state index contributed by atoms with van der Waals surface area (Å²) in [6.07, 6.45) is 3.36. The number of ether oxygens (including phenoxy) is 2. The minimum Gasteiger partial charge on any atom is -0.454 e. The number of hydrogen-bond donors (Lipinski definition) is 0. The van der Waals surface area contributed by atoms with Gasteiger partial charge in [0.2, 0.25) is 6.79 Å². The zero-order chi connectivity index (χ0) is 24.7. The molecule has 1 aromatic heterocycles. The highest BCUT2D eigenvalue weighted by atomic mass is 16.7. The Balaban J connectivity index is 1.54. The number of benzene rings is 3. The predicted molar refractivity (Wildman–Crippen MR) is 145 cm³/mol. The van der Waals surface area contributed by atoms with Crippen LogP contribution < -0.4 is 9.47 Å². The van der Waals surface area contributed by atoms with Crippen LogP contribution >= 0.6 is 0 Å². The molecule has 186 valence electrons. The highest BCUT2D eigenvalue weighted by Crippen LogP contribution is 2.34. The van der Waals surface area contributed by atoms with Gasteiger partial charge in [0.15, 0.2) is 11.5 Å². The van der Waals surface area contributed by atoms with Crippen molar-refractivity contribution in [3.63, 3.8) is 0 Å². The van der Waals surface area contributed by atoms with Gasteiger partial charge in [-0.05, 0) is 37.1 Å². The van der Waals surface area contributed by atoms with E-state index in [4.69, 9.17) is 14.5 Å². The van der Waals surface area contributed by atoms with E-state index in [1.165, 1.54) is 11.3 Å². The molecule has 1 aliphatic rings. The van der Waals surface area contributed by atoms with Crippen molar-refractivity contribution >= 4 is 0 Å². The van der Waals surface area contributed by atoms with Crippen molar-refractivity contribution < 1.29 is 9.47 Å². The molecule has 2 heterocycles. The summed E-state index contributed by atoms with van der Waals surface area (Å²) >= 11 is 0. The summed E-state index contributed by atoms with van der Waals surface area (Å²) in [5.41, 5.74) is 5.92. The Morgan fingerprint density at radius 1 is 0.806 bits per heavy atom. The van der Waals surface area contributed by atoms with E-state index in [1.807, 2.05) is 6.07 Å². The van der Waals surface area contributed by atoms with Gasteiger partial charge in [-0.25, -0.2) is 4.98 Å². The lowest BCUT2D eigenvalue weighted by molar-refractivity contribution is 0.174. The Kier molecular flexibility index (Phi) is 7.67. The fourth-order valence-corrected chi connectivity index (χ4v) is 4.85. The molecule has 5 heteroatoms. The van der Waals surface area contributed by atoms with Crippen LogP contribution in [0.1, 0.15) is 44.4 Å². The van der Waals surface area contributed by atoms with Crippen LogP contribution in [0.25, 0.3) is 22.6 Å². The molecule has 0 bridgehead atoms. The molecule has 0 atom stereocenters. The first-order valence-corrected chi connectivity index (χ1v) is 13.1. The van der Waals surface area contributed by atoms with E-state index < -0.39 is 0 Å². The fourth-order valence-electron chi connectivity index (χ4n) is 4.85. The molecule has 0 radical (unpaired) electrons. The molecule has 0 unspecified atom stereocenters. The zero-order valence-electron chi connectivity index (χ0n) is 21.3. The molecule has 0 spiro atoms. The van der Waals surface area contributed by atoms with Crippen LogP contribution in [0.2, 0.25) is 0 Å². The summed E-state index contributed by atoms with van der Waals surface area (Å²) in [7, 11) is 0. The number of nitrogens with zero attached hydrogens (tertiary/aromatic N) is 3. The number of hydrogen-bond acceptors (Lipinski definition) is 4. The van der Waals surface area contributed by atoms with Gasteiger partial charge in [-0.15, -0.1) is 0 Å². The van der Waals surface area contributed by atoms with E-state index in [1.54, 1.807) is 0 Å². The summed E-state index contributed by atoms with van der Waals surface area (Å²) in [4.78, 5) is 7.80. The second-order valence-corrected chi connectivity index (χ2v) is 9.37. The standard InChI is InChI=1S/C31H35N3O2/c1-3-5-19-33(21-24-16-17-28-29(20-24)36-23-35-28)22-27-30(25-12-8-6-9-13-25)32-31(34(27)18-4-2)26-14-10-7-11-15-26/h6-17,20H,3-5,18-19,21-23H2,1-2H3. The molecular weight excluding hydrogens is 446 g/mol. The summed E-state index contributed by atoms with van der Waals surface area (Å²) in [5.74, 6) is 2.72. The largest absolute Gasteiger partial charge is 0.454 e. The van der Waals surface area contributed by atoms with Crippen molar-refractivity contribution in [1.29, 1.82) is 0 Å². The zero-order valence-corrected chi connectivity index (χ0v) is 21.3. The van der Waals surface area contributed by atoms with Gasteiger partial charge in [0.1, 0.15) is 5.82 Å². The first-order valence-electron chi connectivity index (χ1n) is 13.1. The second kappa shape index (κ2) is 11.4. The van der Waals surface area contributed by atoms with E-state index in [0.717, 1.165) is 79.6 Å². The van der Waals surface area contributed by atoms with E-state index in [9.17, 15) is 0 Å². The Hall–Kier alpha value is -3.57. The molecule has 0 N–H and O–H groups in total. The Morgan fingerprint density at radius 2 is 1.53 bits per heavy atom. The van der Waals surface area contributed by atoms with Crippen molar-refractivity contribution in [2.24, 2.45) is 0 Å². The minimum atomic E-state index is 0.303. The van der Waals surface area contributed by atoms with Gasteiger partial charge in [-0.1, -0.05) is 87.0 Å². The van der Waals surface area contributed by atoms with Crippen LogP contribution in [0.5, 0.6) is 11.5 Å². The molecule has 0 saturated carbocycles. The summed E-state index contributed by atoms with van der Waals surface area (Å²) in [6, 6.07) is 27.5. The third kappa shape index (κ3) is 5.31. The minimum absolute atomic E-state index is 0.303. The summed E-state index contributed by atoms with van der Waals surface area (Å²) in [6.45, 7) is 8.44. The van der Waals surface area contributed by atoms with Crippen LogP contribution in [0.4, 0.5) is 0 Å². The average molecular weight is 482 g/mol. The van der Waals surface area contributed by atoms with Crippen LogP contribution in [-0.2, 0) is 19.6 Å². The maximum Gasteiger partial charge on any atom is 0.231 e. The Morgan fingerprint density at radius 3 is 2.25 bits per heavy atom. The summed E-state index contributed by atoms with van der Waals surface area (Å²) < 4.78 is 13.6. The van der Waals surface area contributed by atoms with Crippen molar-refractivity contribution in [2.75, 3.05) is 13.3 Å². The van der Waals surface area contributed by atoms with Gasteiger partial charge < -0.3 is 14.0 Å². The number of fused-ring (bicyclic) bond motifs is 1. The summed E-state index contributed by atoms with van der Waals surface area (Å²) in [5, 5.41) is 0. The molecule has 0 amide bonds. The smallest absolute Gasteiger partial charge is 0.231 e. The maximum absolute atomic E-state index is 5.65. The fraction of sp³-hybridized carbons (Fsp3) is 0.323. The first-order chi connectivity index (χ1) is 17.8.